The maximum absolute atomic E-state index is 12.4. The molecule has 1 atom stereocenters. The van der Waals surface area contributed by atoms with Crippen LogP contribution < -0.4 is 15.5 Å². The summed E-state index contributed by atoms with van der Waals surface area (Å²) in [7, 11) is 1.86. The van der Waals surface area contributed by atoms with Gasteiger partial charge in [0.25, 0.3) is 0 Å². The normalized spacial score (nSPS) is 17.9. The van der Waals surface area contributed by atoms with E-state index < -0.39 is 5.92 Å². The molecule has 1 aromatic carbocycles. The molecule has 5 nitrogen and oxygen atoms in total. The van der Waals surface area contributed by atoms with E-state index >= 15 is 0 Å². The first-order chi connectivity index (χ1) is 10.5. The molecule has 1 unspecified atom stereocenters. The van der Waals surface area contributed by atoms with Crippen molar-refractivity contribution < 1.29 is 9.59 Å². The van der Waals surface area contributed by atoms with Gasteiger partial charge in [-0.3, -0.25) is 9.59 Å². The molecule has 0 spiro atoms. The lowest BCUT2D eigenvalue weighted by Gasteiger charge is -2.17. The molecule has 1 aromatic rings. The second-order valence-electron chi connectivity index (χ2n) is 5.18. The lowest BCUT2D eigenvalue weighted by Crippen LogP contribution is -2.37. The standard InChI is InChI=1S/C15H19Cl2N3O2/c1-18-6-2-7-19-14(21)11-5-8-20(15(11)22)10-3-4-12(16)13(17)9-10/h3-4,9,11,18H,2,5-8H2,1H3,(H,19,21). The van der Waals surface area contributed by atoms with Crippen LogP contribution in [0, 0.1) is 5.92 Å². The molecule has 1 fully saturated rings. The van der Waals surface area contributed by atoms with Crippen molar-refractivity contribution >= 4 is 40.7 Å². The summed E-state index contributed by atoms with van der Waals surface area (Å²) in [6, 6.07) is 5.03. The van der Waals surface area contributed by atoms with E-state index in [4.69, 9.17) is 23.2 Å². The SMILES string of the molecule is CNCCCNC(=O)C1CCN(c2ccc(Cl)c(Cl)c2)C1=O. The molecule has 1 saturated heterocycles. The van der Waals surface area contributed by atoms with Crippen molar-refractivity contribution in [3.05, 3.63) is 28.2 Å². The Morgan fingerprint density at radius 3 is 2.77 bits per heavy atom. The van der Waals surface area contributed by atoms with Crippen LogP contribution in [0.3, 0.4) is 0 Å². The lowest BCUT2D eigenvalue weighted by molar-refractivity contribution is -0.132. The Balaban J connectivity index is 1.97. The van der Waals surface area contributed by atoms with E-state index in [1.54, 1.807) is 23.1 Å². The van der Waals surface area contributed by atoms with Gasteiger partial charge in [-0.25, -0.2) is 0 Å². The van der Waals surface area contributed by atoms with Gasteiger partial charge >= 0.3 is 0 Å². The van der Waals surface area contributed by atoms with E-state index in [0.717, 1.165) is 13.0 Å². The third-order valence-electron chi connectivity index (χ3n) is 3.64. The van der Waals surface area contributed by atoms with Crippen LogP contribution in [0.1, 0.15) is 12.8 Å². The number of carbonyl (C=O) groups is 2. The first-order valence-electron chi connectivity index (χ1n) is 7.23. The van der Waals surface area contributed by atoms with Gasteiger partial charge in [-0.15, -0.1) is 0 Å². The maximum Gasteiger partial charge on any atom is 0.239 e. The van der Waals surface area contributed by atoms with E-state index in [9.17, 15) is 9.59 Å². The molecule has 7 heteroatoms. The second kappa shape index (κ2) is 7.81. The first kappa shape index (κ1) is 17.1. The highest BCUT2D eigenvalue weighted by Crippen LogP contribution is 2.31. The molecular formula is C15H19Cl2N3O2. The van der Waals surface area contributed by atoms with Crippen molar-refractivity contribution in [3.8, 4) is 0 Å². The third kappa shape index (κ3) is 3.91. The highest BCUT2D eigenvalue weighted by atomic mass is 35.5. The van der Waals surface area contributed by atoms with Crippen LogP contribution in [0.4, 0.5) is 5.69 Å². The molecule has 22 heavy (non-hydrogen) atoms. The number of nitrogens with zero attached hydrogens (tertiary/aromatic N) is 1. The number of carbonyl (C=O) groups excluding carboxylic acids is 2. The average molecular weight is 344 g/mol. The van der Waals surface area contributed by atoms with Crippen molar-refractivity contribution in [1.29, 1.82) is 0 Å². The molecule has 0 radical (unpaired) electrons. The summed E-state index contributed by atoms with van der Waals surface area (Å²) >= 11 is 11.9. The molecule has 0 aromatic heterocycles. The van der Waals surface area contributed by atoms with E-state index in [-0.39, 0.29) is 11.8 Å². The van der Waals surface area contributed by atoms with Gasteiger partial charge in [0.2, 0.25) is 11.8 Å². The predicted molar refractivity (Wildman–Crippen MR) is 88.5 cm³/mol. The summed E-state index contributed by atoms with van der Waals surface area (Å²) in [4.78, 5) is 26.1. The molecule has 120 valence electrons. The van der Waals surface area contributed by atoms with Crippen LogP contribution in [0.2, 0.25) is 10.0 Å². The minimum absolute atomic E-state index is 0.190. The maximum atomic E-state index is 12.4. The Kier molecular flexibility index (Phi) is 6.06. The Morgan fingerprint density at radius 2 is 2.09 bits per heavy atom. The quantitative estimate of drug-likeness (QED) is 0.614. The molecule has 1 heterocycles. The molecule has 0 saturated carbocycles. The largest absolute Gasteiger partial charge is 0.355 e. The van der Waals surface area contributed by atoms with Gasteiger partial charge in [0, 0.05) is 18.8 Å². The summed E-state index contributed by atoms with van der Waals surface area (Å²) in [6.45, 7) is 1.90. The first-order valence-corrected chi connectivity index (χ1v) is 7.99. The van der Waals surface area contributed by atoms with Gasteiger partial charge in [-0.2, -0.15) is 0 Å². The highest BCUT2D eigenvalue weighted by Gasteiger charge is 2.37. The minimum atomic E-state index is -0.621. The summed E-state index contributed by atoms with van der Waals surface area (Å²) in [5.41, 5.74) is 0.671. The van der Waals surface area contributed by atoms with E-state index in [0.29, 0.717) is 35.2 Å². The fraction of sp³-hybridized carbons (Fsp3) is 0.467. The predicted octanol–water partition coefficient (Wildman–Crippen LogP) is 2.07. The smallest absolute Gasteiger partial charge is 0.239 e. The van der Waals surface area contributed by atoms with Crippen molar-refractivity contribution in [2.24, 2.45) is 5.92 Å². The summed E-state index contributed by atoms with van der Waals surface area (Å²) in [5.74, 6) is -1.02. The molecule has 2 amide bonds. The van der Waals surface area contributed by atoms with Crippen LogP contribution in [0.15, 0.2) is 18.2 Å². The van der Waals surface area contributed by atoms with Crippen LogP contribution in [-0.2, 0) is 9.59 Å². The van der Waals surface area contributed by atoms with Crippen molar-refractivity contribution in [3.63, 3.8) is 0 Å². The Labute approximate surface area is 139 Å². The highest BCUT2D eigenvalue weighted by molar-refractivity contribution is 6.42. The van der Waals surface area contributed by atoms with E-state index in [1.165, 1.54) is 0 Å². The van der Waals surface area contributed by atoms with Gasteiger partial charge in [0.05, 0.1) is 10.0 Å². The zero-order chi connectivity index (χ0) is 16.1. The lowest BCUT2D eigenvalue weighted by atomic mass is 10.1. The summed E-state index contributed by atoms with van der Waals surface area (Å²) in [5, 5.41) is 6.65. The molecule has 1 aliphatic rings. The van der Waals surface area contributed by atoms with Crippen LogP contribution in [-0.4, -0.2) is 38.5 Å². The number of hydrogen-bond donors (Lipinski definition) is 2. The minimum Gasteiger partial charge on any atom is -0.355 e. The number of anilines is 1. The Hall–Kier alpha value is -1.30. The number of hydrogen-bond acceptors (Lipinski definition) is 3. The zero-order valence-corrected chi connectivity index (χ0v) is 13.9. The van der Waals surface area contributed by atoms with Gasteiger partial charge in [0.1, 0.15) is 5.92 Å². The molecule has 2 rings (SSSR count). The van der Waals surface area contributed by atoms with E-state index in [1.807, 2.05) is 7.05 Å². The molecule has 2 N–H and O–H groups in total. The Bertz CT molecular complexity index is 566. The van der Waals surface area contributed by atoms with Gasteiger partial charge in [-0.05, 0) is 44.6 Å². The summed E-state index contributed by atoms with van der Waals surface area (Å²) < 4.78 is 0. The fourth-order valence-corrected chi connectivity index (χ4v) is 2.72. The van der Waals surface area contributed by atoms with Crippen LogP contribution in [0.25, 0.3) is 0 Å². The van der Waals surface area contributed by atoms with Gasteiger partial charge < -0.3 is 15.5 Å². The number of amides is 2. The molecule has 1 aliphatic heterocycles. The number of nitrogens with one attached hydrogen (secondary N) is 2. The zero-order valence-electron chi connectivity index (χ0n) is 12.4. The van der Waals surface area contributed by atoms with Crippen molar-refractivity contribution in [2.75, 3.05) is 31.6 Å². The average Bonchev–Trinajstić information content (AvgIpc) is 2.88. The van der Waals surface area contributed by atoms with Crippen molar-refractivity contribution in [2.45, 2.75) is 12.8 Å². The molecule has 0 aliphatic carbocycles. The van der Waals surface area contributed by atoms with Crippen LogP contribution >= 0.6 is 23.2 Å². The number of benzene rings is 1. The number of halogens is 2. The molecular weight excluding hydrogens is 325 g/mol. The second-order valence-corrected chi connectivity index (χ2v) is 5.99. The van der Waals surface area contributed by atoms with Crippen molar-refractivity contribution in [1.82, 2.24) is 10.6 Å². The topological polar surface area (TPSA) is 61.4 Å². The van der Waals surface area contributed by atoms with E-state index in [2.05, 4.69) is 10.6 Å². The fourth-order valence-electron chi connectivity index (χ4n) is 2.43. The molecule has 0 bridgehead atoms. The van der Waals surface area contributed by atoms with Crippen LogP contribution in [0.5, 0.6) is 0 Å². The van der Waals surface area contributed by atoms with Gasteiger partial charge in [0.15, 0.2) is 0 Å². The Morgan fingerprint density at radius 1 is 1.32 bits per heavy atom. The monoisotopic (exact) mass is 343 g/mol. The van der Waals surface area contributed by atoms with Gasteiger partial charge in [-0.1, -0.05) is 23.2 Å². The summed E-state index contributed by atoms with van der Waals surface area (Å²) in [6.07, 6.45) is 1.34. The third-order valence-corrected chi connectivity index (χ3v) is 4.38. The number of rotatable bonds is 6.